The molecule has 0 aliphatic rings. The third-order valence-electron chi connectivity index (χ3n) is 1.54. The van der Waals surface area contributed by atoms with E-state index in [-0.39, 0.29) is 0 Å². The molecule has 0 spiro atoms. The van der Waals surface area contributed by atoms with Gasteiger partial charge in [-0.1, -0.05) is 0 Å². The molecule has 0 rings (SSSR count). The minimum atomic E-state index is -0.709. The predicted octanol–water partition coefficient (Wildman–Crippen LogP) is 0.812. The summed E-state index contributed by atoms with van der Waals surface area (Å²) in [6, 6.07) is 0. The molecule has 0 aliphatic carbocycles. The van der Waals surface area contributed by atoms with Gasteiger partial charge in [-0.2, -0.15) is 0 Å². The average Bonchev–Trinajstić information content (AvgIpc) is 1.81. The molecule has 0 aromatic rings. The third kappa shape index (κ3) is 5.97. The molecule has 0 saturated heterocycles. The van der Waals surface area contributed by atoms with Crippen molar-refractivity contribution >= 4 is 6.09 Å². The van der Waals surface area contributed by atoms with Crippen LogP contribution in [0.1, 0.15) is 20.3 Å². The summed E-state index contributed by atoms with van der Waals surface area (Å²) in [4.78, 5) is 12.5. The average molecular weight is 174 g/mol. The first-order valence-electron chi connectivity index (χ1n) is 3.97. The molecule has 4 nitrogen and oxygen atoms in total. The summed E-state index contributed by atoms with van der Waals surface area (Å²) in [6.07, 6.45) is 0.0712. The minimum Gasteiger partial charge on any atom is -0.444 e. The van der Waals surface area contributed by atoms with Crippen molar-refractivity contribution in [1.29, 1.82) is 0 Å². The lowest BCUT2D eigenvalue weighted by Gasteiger charge is -2.25. The smallest absolute Gasteiger partial charge is 0.405 e. The molecule has 0 saturated carbocycles. The number of primary amides is 1. The Bertz CT molecular complexity index is 155. The van der Waals surface area contributed by atoms with Crippen LogP contribution in [0.5, 0.6) is 0 Å². The Labute approximate surface area is 73.7 Å². The largest absolute Gasteiger partial charge is 0.444 e. The number of nitrogens with two attached hydrogens (primary N) is 1. The van der Waals surface area contributed by atoms with Gasteiger partial charge in [0.05, 0.1) is 0 Å². The zero-order valence-electron chi connectivity index (χ0n) is 8.26. The molecule has 0 heterocycles. The number of carbonyl (C=O) groups excluding carboxylic acids is 1. The second kappa shape index (κ2) is 4.30. The fourth-order valence-corrected chi connectivity index (χ4v) is 0.816. The highest BCUT2D eigenvalue weighted by Gasteiger charge is 2.21. The number of carbonyl (C=O) groups is 1. The molecule has 0 radical (unpaired) electrons. The molecule has 0 aliphatic heterocycles. The van der Waals surface area contributed by atoms with Crippen molar-refractivity contribution in [2.24, 2.45) is 5.73 Å². The van der Waals surface area contributed by atoms with Crippen molar-refractivity contribution < 1.29 is 9.53 Å². The highest BCUT2D eigenvalue weighted by atomic mass is 16.6. The highest BCUT2D eigenvalue weighted by molar-refractivity contribution is 5.65. The minimum absolute atomic E-state index is 0.462. The van der Waals surface area contributed by atoms with Gasteiger partial charge in [-0.25, -0.2) is 4.79 Å². The van der Waals surface area contributed by atoms with Gasteiger partial charge in [-0.3, -0.25) is 0 Å². The molecular weight excluding hydrogens is 156 g/mol. The maximum absolute atomic E-state index is 10.4. The van der Waals surface area contributed by atoms with Crippen LogP contribution in [0.2, 0.25) is 0 Å². The van der Waals surface area contributed by atoms with Gasteiger partial charge in [0.1, 0.15) is 5.60 Å². The Morgan fingerprint density at radius 2 is 2.00 bits per heavy atom. The number of ether oxygens (including phenoxy) is 1. The first-order valence-corrected chi connectivity index (χ1v) is 3.97. The van der Waals surface area contributed by atoms with Crippen molar-refractivity contribution in [3.05, 3.63) is 0 Å². The van der Waals surface area contributed by atoms with Gasteiger partial charge in [0.25, 0.3) is 0 Å². The van der Waals surface area contributed by atoms with Crippen LogP contribution in [0.4, 0.5) is 4.79 Å². The Balaban J connectivity index is 3.78. The summed E-state index contributed by atoms with van der Waals surface area (Å²) in [5, 5.41) is 0. The van der Waals surface area contributed by atoms with E-state index in [0.29, 0.717) is 0 Å². The molecule has 0 aromatic carbocycles. The predicted molar refractivity (Wildman–Crippen MR) is 47.9 cm³/mol. The molecule has 0 fully saturated rings. The Morgan fingerprint density at radius 3 is 2.33 bits per heavy atom. The molecule has 2 N–H and O–H groups in total. The first kappa shape index (κ1) is 11.2. The Kier molecular flexibility index (Phi) is 4.03. The quantitative estimate of drug-likeness (QED) is 0.686. The molecular formula is C8H18N2O2. The molecule has 0 aromatic heterocycles. The van der Waals surface area contributed by atoms with Gasteiger partial charge >= 0.3 is 6.09 Å². The molecule has 1 amide bonds. The second-order valence-corrected chi connectivity index (χ2v) is 3.73. The van der Waals surface area contributed by atoms with Gasteiger partial charge in [0, 0.05) is 6.54 Å². The van der Waals surface area contributed by atoms with Crippen LogP contribution >= 0.6 is 0 Å². The van der Waals surface area contributed by atoms with Crippen molar-refractivity contribution in [1.82, 2.24) is 4.90 Å². The van der Waals surface area contributed by atoms with Gasteiger partial charge in [0.2, 0.25) is 0 Å². The molecule has 0 unspecified atom stereocenters. The lowest BCUT2D eigenvalue weighted by molar-refractivity contribution is 0.0342. The van der Waals surface area contributed by atoms with Crippen LogP contribution in [0.3, 0.4) is 0 Å². The zero-order valence-corrected chi connectivity index (χ0v) is 8.26. The highest BCUT2D eigenvalue weighted by Crippen LogP contribution is 2.13. The molecule has 0 bridgehead atoms. The van der Waals surface area contributed by atoms with Crippen molar-refractivity contribution in [3.63, 3.8) is 0 Å². The van der Waals surface area contributed by atoms with Crippen molar-refractivity contribution in [2.45, 2.75) is 25.9 Å². The van der Waals surface area contributed by atoms with Gasteiger partial charge < -0.3 is 15.4 Å². The fraction of sp³-hybridized carbons (Fsp3) is 0.875. The van der Waals surface area contributed by atoms with Crippen molar-refractivity contribution in [3.8, 4) is 0 Å². The summed E-state index contributed by atoms with van der Waals surface area (Å²) in [6.45, 7) is 4.57. The maximum Gasteiger partial charge on any atom is 0.405 e. The molecule has 4 heteroatoms. The van der Waals surface area contributed by atoms with E-state index in [1.54, 1.807) is 0 Å². The topological polar surface area (TPSA) is 55.6 Å². The van der Waals surface area contributed by atoms with Crippen LogP contribution in [-0.2, 0) is 4.74 Å². The normalized spacial score (nSPS) is 11.8. The number of nitrogens with zero attached hydrogens (tertiary/aromatic N) is 1. The van der Waals surface area contributed by atoms with E-state index in [1.807, 2.05) is 32.8 Å². The first-order chi connectivity index (χ1) is 5.33. The monoisotopic (exact) mass is 174 g/mol. The van der Waals surface area contributed by atoms with Gasteiger partial charge in [-0.05, 0) is 34.4 Å². The standard InChI is InChI=1S/C8H18N2O2/c1-8(2,12-7(9)11)5-6-10(3)4/h5-6H2,1-4H3,(H2,9,11). The zero-order chi connectivity index (χ0) is 9.78. The Hall–Kier alpha value is -0.770. The van der Waals surface area contributed by atoms with E-state index in [2.05, 4.69) is 0 Å². The molecule has 72 valence electrons. The van der Waals surface area contributed by atoms with E-state index in [9.17, 15) is 4.79 Å². The van der Waals surface area contributed by atoms with Gasteiger partial charge in [0.15, 0.2) is 0 Å². The third-order valence-corrected chi connectivity index (χ3v) is 1.54. The molecule has 12 heavy (non-hydrogen) atoms. The van der Waals surface area contributed by atoms with E-state index in [1.165, 1.54) is 0 Å². The fourth-order valence-electron chi connectivity index (χ4n) is 0.816. The number of hydrogen-bond acceptors (Lipinski definition) is 3. The number of amides is 1. The van der Waals surface area contributed by atoms with Crippen LogP contribution < -0.4 is 5.73 Å². The van der Waals surface area contributed by atoms with Crippen LogP contribution in [0.15, 0.2) is 0 Å². The summed E-state index contributed by atoms with van der Waals surface area (Å²) in [7, 11) is 3.95. The SMILES string of the molecule is CN(C)CCC(C)(C)OC(N)=O. The van der Waals surface area contributed by atoms with E-state index in [0.717, 1.165) is 13.0 Å². The lowest BCUT2D eigenvalue weighted by atomic mass is 10.1. The van der Waals surface area contributed by atoms with Gasteiger partial charge in [-0.15, -0.1) is 0 Å². The van der Waals surface area contributed by atoms with Crippen molar-refractivity contribution in [2.75, 3.05) is 20.6 Å². The summed E-state index contributed by atoms with van der Waals surface area (Å²) in [5.41, 5.74) is 4.45. The number of rotatable bonds is 4. The summed E-state index contributed by atoms with van der Waals surface area (Å²) in [5.74, 6) is 0. The molecule has 0 atom stereocenters. The van der Waals surface area contributed by atoms with Crippen LogP contribution in [0.25, 0.3) is 0 Å². The number of hydrogen-bond donors (Lipinski definition) is 1. The van der Waals surface area contributed by atoms with E-state index < -0.39 is 11.7 Å². The summed E-state index contributed by atoms with van der Waals surface area (Å²) < 4.78 is 4.90. The van der Waals surface area contributed by atoms with Crippen LogP contribution in [-0.4, -0.2) is 37.2 Å². The van der Waals surface area contributed by atoms with Crippen LogP contribution in [0, 0.1) is 0 Å². The van der Waals surface area contributed by atoms with E-state index in [4.69, 9.17) is 10.5 Å². The maximum atomic E-state index is 10.4. The lowest BCUT2D eigenvalue weighted by Crippen LogP contribution is -2.34. The van der Waals surface area contributed by atoms with E-state index >= 15 is 0 Å². The summed E-state index contributed by atoms with van der Waals surface area (Å²) >= 11 is 0. The second-order valence-electron chi connectivity index (χ2n) is 3.73. The Morgan fingerprint density at radius 1 is 1.50 bits per heavy atom.